The minimum atomic E-state index is 0.0153. The summed E-state index contributed by atoms with van der Waals surface area (Å²) in [5.74, 6) is 2.42. The van der Waals surface area contributed by atoms with Crippen molar-refractivity contribution >= 4 is 17.5 Å². The molecule has 3 aromatic heterocycles. The summed E-state index contributed by atoms with van der Waals surface area (Å²) in [4.78, 5) is 25.7. The number of aryl methyl sites for hydroxylation is 1. The molecule has 0 bridgehead atoms. The van der Waals surface area contributed by atoms with Gasteiger partial charge in [0.05, 0.1) is 0 Å². The number of hydrogen-bond donors (Lipinski definition) is 1. The van der Waals surface area contributed by atoms with Crippen molar-refractivity contribution in [3.8, 4) is 0 Å². The summed E-state index contributed by atoms with van der Waals surface area (Å²) in [6.45, 7) is 5.76. The van der Waals surface area contributed by atoms with Crippen molar-refractivity contribution in [3.63, 3.8) is 0 Å². The third-order valence-electron chi connectivity index (χ3n) is 5.96. The fourth-order valence-corrected chi connectivity index (χ4v) is 4.35. The van der Waals surface area contributed by atoms with Crippen LogP contribution in [-0.4, -0.2) is 72.3 Å². The molecule has 0 aliphatic carbocycles. The number of imidazole rings is 1. The van der Waals surface area contributed by atoms with Crippen LogP contribution in [-0.2, 0) is 13.0 Å². The molecule has 10 heteroatoms. The van der Waals surface area contributed by atoms with Gasteiger partial charge in [0.15, 0.2) is 5.82 Å². The average Bonchev–Trinajstić information content (AvgIpc) is 3.40. The second kappa shape index (κ2) is 7.34. The summed E-state index contributed by atoms with van der Waals surface area (Å²) in [5.41, 5.74) is 0.744. The molecular weight excluding hydrogens is 370 g/mol. The first-order valence-electron chi connectivity index (χ1n) is 10.1. The Bertz CT molecular complexity index is 1010. The monoisotopic (exact) mass is 395 g/mol. The van der Waals surface area contributed by atoms with Gasteiger partial charge in [-0.05, 0) is 19.3 Å². The summed E-state index contributed by atoms with van der Waals surface area (Å²) in [6.07, 6.45) is 11.2. The molecule has 29 heavy (non-hydrogen) atoms. The summed E-state index contributed by atoms with van der Waals surface area (Å²) in [6, 6.07) is 0.162. The number of amides is 2. The van der Waals surface area contributed by atoms with E-state index in [-0.39, 0.29) is 12.1 Å². The summed E-state index contributed by atoms with van der Waals surface area (Å²) in [7, 11) is 0. The Labute approximate surface area is 168 Å². The minimum absolute atomic E-state index is 0.0153. The molecule has 0 spiro atoms. The van der Waals surface area contributed by atoms with Gasteiger partial charge in [0, 0.05) is 70.0 Å². The fraction of sp³-hybridized carbons (Fsp3) is 0.526. The molecule has 2 amide bonds. The molecule has 1 saturated heterocycles. The lowest BCUT2D eigenvalue weighted by Crippen LogP contribution is -2.56. The van der Waals surface area contributed by atoms with Crippen molar-refractivity contribution in [2.45, 2.75) is 32.4 Å². The predicted octanol–water partition coefficient (Wildman–Crippen LogP) is 0.804. The van der Waals surface area contributed by atoms with Crippen LogP contribution in [0.5, 0.6) is 0 Å². The van der Waals surface area contributed by atoms with Crippen LogP contribution in [0.4, 0.5) is 10.6 Å². The number of carbonyl (C=O) groups is 1. The zero-order chi connectivity index (χ0) is 19.8. The van der Waals surface area contributed by atoms with Crippen molar-refractivity contribution in [1.29, 1.82) is 0 Å². The van der Waals surface area contributed by atoms with Gasteiger partial charge in [-0.3, -0.25) is 4.40 Å². The van der Waals surface area contributed by atoms with Gasteiger partial charge in [-0.15, -0.1) is 10.2 Å². The van der Waals surface area contributed by atoms with Gasteiger partial charge in [-0.25, -0.2) is 14.8 Å². The third kappa shape index (κ3) is 3.39. The van der Waals surface area contributed by atoms with Crippen LogP contribution in [0.3, 0.4) is 0 Å². The quantitative estimate of drug-likeness (QED) is 0.705. The van der Waals surface area contributed by atoms with Crippen molar-refractivity contribution in [1.82, 2.24) is 39.3 Å². The van der Waals surface area contributed by atoms with Gasteiger partial charge in [0.2, 0.25) is 5.65 Å². The Morgan fingerprint density at radius 1 is 1.21 bits per heavy atom. The first-order chi connectivity index (χ1) is 14.2. The maximum Gasteiger partial charge on any atom is 0.317 e. The third-order valence-corrected chi connectivity index (χ3v) is 5.96. The van der Waals surface area contributed by atoms with Crippen LogP contribution in [0, 0.1) is 5.92 Å². The SMILES string of the molecule is CC1CN(C(=O)NCC2CCc3nccn3C2)CCN1c1nccn2cnnc12. The number of carbonyl (C=O) groups excluding carboxylic acids is 1. The van der Waals surface area contributed by atoms with E-state index in [1.807, 2.05) is 27.9 Å². The van der Waals surface area contributed by atoms with Gasteiger partial charge in [-0.1, -0.05) is 0 Å². The van der Waals surface area contributed by atoms with E-state index in [0.29, 0.717) is 25.6 Å². The number of piperazine rings is 1. The Kier molecular flexibility index (Phi) is 4.53. The van der Waals surface area contributed by atoms with E-state index in [0.717, 1.165) is 43.2 Å². The summed E-state index contributed by atoms with van der Waals surface area (Å²) in [5, 5.41) is 11.3. The Morgan fingerprint density at radius 3 is 3.00 bits per heavy atom. The van der Waals surface area contributed by atoms with Crippen LogP contribution < -0.4 is 10.2 Å². The van der Waals surface area contributed by atoms with Gasteiger partial charge in [0.1, 0.15) is 12.2 Å². The lowest BCUT2D eigenvalue weighted by Gasteiger charge is -2.40. The number of nitrogens with zero attached hydrogens (tertiary/aromatic N) is 8. The molecule has 2 atom stereocenters. The highest BCUT2D eigenvalue weighted by atomic mass is 16.2. The molecule has 1 N–H and O–H groups in total. The standard InChI is InChI=1S/C19H25N9O/c1-14-11-26(8-9-28(14)17-18-24-23-13-27(18)7-5-21-17)19(29)22-10-15-2-3-16-20-4-6-25(16)12-15/h4-7,13-15H,2-3,8-12H2,1H3,(H,22,29). The second-order valence-electron chi connectivity index (χ2n) is 7.89. The normalized spacial score (nSPS) is 22.0. The predicted molar refractivity (Wildman–Crippen MR) is 107 cm³/mol. The molecule has 2 aliphatic heterocycles. The summed E-state index contributed by atoms with van der Waals surface area (Å²) < 4.78 is 4.06. The van der Waals surface area contributed by atoms with Gasteiger partial charge in [0.25, 0.3) is 0 Å². The van der Waals surface area contributed by atoms with E-state index in [9.17, 15) is 4.79 Å². The maximum absolute atomic E-state index is 12.7. The van der Waals surface area contributed by atoms with E-state index < -0.39 is 0 Å². The highest BCUT2D eigenvalue weighted by molar-refractivity contribution is 5.75. The molecule has 0 aromatic carbocycles. The lowest BCUT2D eigenvalue weighted by atomic mass is 9.99. The zero-order valence-corrected chi connectivity index (χ0v) is 16.5. The highest BCUT2D eigenvalue weighted by Gasteiger charge is 2.29. The zero-order valence-electron chi connectivity index (χ0n) is 16.5. The van der Waals surface area contributed by atoms with Crippen LogP contribution in [0.25, 0.3) is 5.65 Å². The van der Waals surface area contributed by atoms with Crippen molar-refractivity contribution in [2.75, 3.05) is 31.1 Å². The number of nitrogens with one attached hydrogen (secondary N) is 1. The van der Waals surface area contributed by atoms with Gasteiger partial charge < -0.3 is 19.7 Å². The first-order valence-corrected chi connectivity index (χ1v) is 10.1. The number of fused-ring (bicyclic) bond motifs is 2. The number of rotatable bonds is 3. The van der Waals surface area contributed by atoms with Gasteiger partial charge in [-0.2, -0.15) is 0 Å². The largest absolute Gasteiger partial charge is 0.347 e. The fourth-order valence-electron chi connectivity index (χ4n) is 4.35. The smallest absolute Gasteiger partial charge is 0.317 e. The number of hydrogen-bond acceptors (Lipinski definition) is 6. The molecule has 3 aromatic rings. The number of anilines is 1. The van der Waals surface area contributed by atoms with E-state index in [2.05, 4.69) is 41.9 Å². The first kappa shape index (κ1) is 17.9. The van der Waals surface area contributed by atoms with Crippen molar-refractivity contribution in [3.05, 3.63) is 36.9 Å². The Hall–Kier alpha value is -3.17. The number of aromatic nitrogens is 6. The number of urea groups is 1. The molecule has 1 fully saturated rings. The molecule has 5 heterocycles. The molecule has 152 valence electrons. The highest BCUT2D eigenvalue weighted by Crippen LogP contribution is 2.22. The second-order valence-corrected chi connectivity index (χ2v) is 7.89. The maximum atomic E-state index is 12.7. The van der Waals surface area contributed by atoms with Crippen LogP contribution in [0.1, 0.15) is 19.2 Å². The van der Waals surface area contributed by atoms with Crippen LogP contribution >= 0.6 is 0 Å². The van der Waals surface area contributed by atoms with Crippen molar-refractivity contribution in [2.24, 2.45) is 5.92 Å². The van der Waals surface area contributed by atoms with Crippen molar-refractivity contribution < 1.29 is 4.79 Å². The van der Waals surface area contributed by atoms with E-state index in [1.165, 1.54) is 0 Å². The van der Waals surface area contributed by atoms with Gasteiger partial charge >= 0.3 is 6.03 Å². The molecule has 0 saturated carbocycles. The van der Waals surface area contributed by atoms with E-state index in [4.69, 9.17) is 0 Å². The Morgan fingerprint density at radius 2 is 2.10 bits per heavy atom. The average molecular weight is 395 g/mol. The lowest BCUT2D eigenvalue weighted by molar-refractivity contribution is 0.183. The summed E-state index contributed by atoms with van der Waals surface area (Å²) >= 11 is 0. The molecule has 2 unspecified atom stereocenters. The van der Waals surface area contributed by atoms with Crippen LogP contribution in [0.2, 0.25) is 0 Å². The molecule has 0 radical (unpaired) electrons. The van der Waals surface area contributed by atoms with E-state index in [1.54, 1.807) is 12.5 Å². The molecular formula is C19H25N9O. The van der Waals surface area contributed by atoms with E-state index >= 15 is 0 Å². The van der Waals surface area contributed by atoms with Crippen LogP contribution in [0.15, 0.2) is 31.1 Å². The molecule has 5 rings (SSSR count). The molecule has 10 nitrogen and oxygen atoms in total. The topological polar surface area (TPSA) is 96.5 Å². The Balaban J connectivity index is 1.18. The molecule has 2 aliphatic rings. The minimum Gasteiger partial charge on any atom is -0.347 e.